The van der Waals surface area contributed by atoms with Crippen LogP contribution in [0.5, 0.6) is 5.75 Å². The van der Waals surface area contributed by atoms with Gasteiger partial charge in [-0.15, -0.1) is 5.10 Å². The second-order valence-electron chi connectivity index (χ2n) is 5.53. The predicted molar refractivity (Wildman–Crippen MR) is 99.3 cm³/mol. The molecular formula is C18H19N5O2S. The summed E-state index contributed by atoms with van der Waals surface area (Å²) in [5.74, 6) is 0.688. The molecule has 0 saturated carbocycles. The number of nitrogens with zero attached hydrogens (tertiary/aromatic N) is 4. The van der Waals surface area contributed by atoms with E-state index in [1.165, 1.54) is 11.8 Å². The van der Waals surface area contributed by atoms with E-state index in [0.717, 1.165) is 17.0 Å². The Hall–Kier alpha value is -2.87. The second kappa shape index (κ2) is 8.48. The Balaban J connectivity index is 1.63. The zero-order valence-electron chi connectivity index (χ0n) is 14.5. The van der Waals surface area contributed by atoms with Crippen molar-refractivity contribution in [1.29, 1.82) is 0 Å². The molecule has 0 aliphatic heterocycles. The number of hydrogen-bond acceptors (Lipinski definition) is 6. The number of thioether (sulfide) groups is 1. The van der Waals surface area contributed by atoms with Gasteiger partial charge in [0.1, 0.15) is 5.75 Å². The summed E-state index contributed by atoms with van der Waals surface area (Å²) in [4.78, 5) is 12.3. The van der Waals surface area contributed by atoms with Crippen LogP contribution in [0.4, 0.5) is 0 Å². The van der Waals surface area contributed by atoms with Gasteiger partial charge in [-0.1, -0.05) is 42.1 Å². The summed E-state index contributed by atoms with van der Waals surface area (Å²) in [6.45, 7) is 2.33. The summed E-state index contributed by atoms with van der Waals surface area (Å²) in [6, 6.07) is 17.2. The molecule has 0 fully saturated rings. The minimum atomic E-state index is -0.332. The van der Waals surface area contributed by atoms with E-state index < -0.39 is 0 Å². The number of carbonyl (C=O) groups excluding carboxylic acids is 1. The molecule has 0 saturated heterocycles. The fraction of sp³-hybridized carbons (Fsp3) is 0.222. The van der Waals surface area contributed by atoms with Crippen LogP contribution < -0.4 is 10.1 Å². The van der Waals surface area contributed by atoms with Crippen LogP contribution in [-0.4, -0.2) is 38.5 Å². The quantitative estimate of drug-likeness (QED) is 0.644. The number of rotatable bonds is 7. The lowest BCUT2D eigenvalue weighted by Crippen LogP contribution is -2.30. The number of ether oxygens (including phenoxy) is 1. The zero-order valence-corrected chi connectivity index (χ0v) is 15.3. The van der Waals surface area contributed by atoms with Crippen molar-refractivity contribution in [2.75, 3.05) is 7.11 Å². The third-order valence-corrected chi connectivity index (χ3v) is 4.75. The van der Waals surface area contributed by atoms with Crippen LogP contribution >= 0.6 is 11.8 Å². The van der Waals surface area contributed by atoms with Crippen LogP contribution in [0.1, 0.15) is 12.5 Å². The molecular weight excluding hydrogens is 350 g/mol. The summed E-state index contributed by atoms with van der Waals surface area (Å²) in [6.07, 6.45) is 0. The first kappa shape index (κ1) is 17.9. The zero-order chi connectivity index (χ0) is 18.4. The van der Waals surface area contributed by atoms with Gasteiger partial charge in [0.2, 0.25) is 11.1 Å². The average molecular weight is 369 g/mol. The van der Waals surface area contributed by atoms with Gasteiger partial charge < -0.3 is 10.1 Å². The van der Waals surface area contributed by atoms with Gasteiger partial charge in [0.25, 0.3) is 0 Å². The highest BCUT2D eigenvalue weighted by atomic mass is 32.2. The van der Waals surface area contributed by atoms with Gasteiger partial charge >= 0.3 is 0 Å². The Labute approximate surface area is 155 Å². The molecule has 3 aromatic rings. The van der Waals surface area contributed by atoms with E-state index in [1.54, 1.807) is 11.8 Å². The smallest absolute Gasteiger partial charge is 0.233 e. The molecule has 134 valence electrons. The number of tetrazole rings is 1. The normalized spacial score (nSPS) is 11.8. The van der Waals surface area contributed by atoms with Gasteiger partial charge in [-0.3, -0.25) is 4.79 Å². The molecule has 3 rings (SSSR count). The molecule has 0 aliphatic rings. The summed E-state index contributed by atoms with van der Waals surface area (Å²) < 4.78 is 6.76. The maximum absolute atomic E-state index is 12.3. The molecule has 26 heavy (non-hydrogen) atoms. The summed E-state index contributed by atoms with van der Waals surface area (Å²) in [5.41, 5.74) is 1.86. The van der Waals surface area contributed by atoms with Crippen LogP contribution in [0.2, 0.25) is 0 Å². The molecule has 1 unspecified atom stereocenters. The third kappa shape index (κ3) is 4.40. The Morgan fingerprint density at radius 1 is 1.19 bits per heavy atom. The van der Waals surface area contributed by atoms with Crippen molar-refractivity contribution in [1.82, 2.24) is 25.5 Å². The van der Waals surface area contributed by atoms with Gasteiger partial charge in [0.05, 0.1) is 18.0 Å². The molecule has 0 radical (unpaired) electrons. The van der Waals surface area contributed by atoms with Crippen molar-refractivity contribution in [3.05, 3.63) is 60.2 Å². The molecule has 7 nitrogen and oxygen atoms in total. The van der Waals surface area contributed by atoms with Crippen LogP contribution in [0.25, 0.3) is 5.69 Å². The molecule has 1 atom stereocenters. The van der Waals surface area contributed by atoms with Crippen molar-refractivity contribution in [2.24, 2.45) is 0 Å². The molecule has 1 heterocycles. The molecule has 2 aromatic carbocycles. The monoisotopic (exact) mass is 369 g/mol. The molecule has 1 aromatic heterocycles. The number of hydrogen-bond donors (Lipinski definition) is 1. The number of benzene rings is 2. The lowest BCUT2D eigenvalue weighted by molar-refractivity contribution is -0.120. The number of amides is 1. The maximum Gasteiger partial charge on any atom is 0.233 e. The number of aromatic nitrogens is 4. The molecule has 0 spiro atoms. The lowest BCUT2D eigenvalue weighted by atomic mass is 10.2. The van der Waals surface area contributed by atoms with Crippen molar-refractivity contribution in [2.45, 2.75) is 23.9 Å². The van der Waals surface area contributed by atoms with E-state index in [0.29, 0.717) is 11.7 Å². The maximum atomic E-state index is 12.3. The minimum absolute atomic E-state index is 0.0665. The Morgan fingerprint density at radius 3 is 2.62 bits per heavy atom. The fourth-order valence-corrected chi connectivity index (χ4v) is 3.11. The number of nitrogens with one attached hydrogen (secondary N) is 1. The van der Waals surface area contributed by atoms with Gasteiger partial charge in [-0.05, 0) is 47.2 Å². The first-order chi connectivity index (χ1) is 12.7. The van der Waals surface area contributed by atoms with Crippen LogP contribution in [0.3, 0.4) is 0 Å². The molecule has 0 aliphatic carbocycles. The van der Waals surface area contributed by atoms with Crippen molar-refractivity contribution in [3.8, 4) is 11.4 Å². The first-order valence-electron chi connectivity index (χ1n) is 8.08. The van der Waals surface area contributed by atoms with Crippen molar-refractivity contribution >= 4 is 17.7 Å². The van der Waals surface area contributed by atoms with Crippen molar-refractivity contribution in [3.63, 3.8) is 0 Å². The topological polar surface area (TPSA) is 81.9 Å². The van der Waals surface area contributed by atoms with E-state index in [9.17, 15) is 4.79 Å². The fourth-order valence-electron chi connectivity index (χ4n) is 2.28. The van der Waals surface area contributed by atoms with Gasteiger partial charge in [0.15, 0.2) is 0 Å². The molecule has 1 amide bonds. The number of carbonyl (C=O) groups is 1. The highest BCUT2D eigenvalue weighted by molar-refractivity contribution is 8.00. The van der Waals surface area contributed by atoms with E-state index in [-0.39, 0.29) is 11.2 Å². The van der Waals surface area contributed by atoms with E-state index >= 15 is 0 Å². The van der Waals surface area contributed by atoms with E-state index in [4.69, 9.17) is 4.74 Å². The summed E-state index contributed by atoms with van der Waals surface area (Å²) in [5, 5.41) is 14.9. The standard InChI is InChI=1S/C18H19N5O2S/c1-13(17(24)19-12-14-6-4-3-5-7-14)26-18-20-21-22-23(18)15-8-10-16(25-2)11-9-15/h3-11,13H,12H2,1-2H3,(H,19,24). The van der Waals surface area contributed by atoms with Gasteiger partial charge in [-0.2, -0.15) is 4.68 Å². The minimum Gasteiger partial charge on any atom is -0.497 e. The number of methoxy groups -OCH3 is 1. The van der Waals surface area contributed by atoms with Crippen molar-refractivity contribution < 1.29 is 9.53 Å². The predicted octanol–water partition coefficient (Wildman–Crippen LogP) is 2.47. The Kier molecular flexibility index (Phi) is 5.85. The van der Waals surface area contributed by atoms with E-state index in [2.05, 4.69) is 20.8 Å². The SMILES string of the molecule is COc1ccc(-n2nnnc2SC(C)C(=O)NCc2ccccc2)cc1. The summed E-state index contributed by atoms with van der Waals surface area (Å²) >= 11 is 1.31. The Morgan fingerprint density at radius 2 is 1.92 bits per heavy atom. The highest BCUT2D eigenvalue weighted by Gasteiger charge is 2.19. The van der Waals surface area contributed by atoms with Gasteiger partial charge in [-0.25, -0.2) is 0 Å². The van der Waals surface area contributed by atoms with Crippen LogP contribution in [0.15, 0.2) is 59.8 Å². The highest BCUT2D eigenvalue weighted by Crippen LogP contribution is 2.24. The second-order valence-corrected chi connectivity index (χ2v) is 6.84. The summed E-state index contributed by atoms with van der Waals surface area (Å²) in [7, 11) is 1.61. The lowest BCUT2D eigenvalue weighted by Gasteiger charge is -2.12. The Bertz CT molecular complexity index is 852. The van der Waals surface area contributed by atoms with E-state index in [1.807, 2.05) is 61.5 Å². The van der Waals surface area contributed by atoms with Crippen LogP contribution in [-0.2, 0) is 11.3 Å². The largest absolute Gasteiger partial charge is 0.497 e. The van der Waals surface area contributed by atoms with Gasteiger partial charge in [0, 0.05) is 6.54 Å². The third-order valence-electron chi connectivity index (χ3n) is 3.72. The first-order valence-corrected chi connectivity index (χ1v) is 8.96. The average Bonchev–Trinajstić information content (AvgIpc) is 3.15. The van der Waals surface area contributed by atoms with Crippen LogP contribution in [0, 0.1) is 0 Å². The molecule has 0 bridgehead atoms. The molecule has 8 heteroatoms. The molecule has 1 N–H and O–H groups in total.